The first-order valence-corrected chi connectivity index (χ1v) is 15.2. The van der Waals surface area contributed by atoms with E-state index in [2.05, 4.69) is 24.3 Å². The number of hydrogen-bond acceptors (Lipinski definition) is 2. The van der Waals surface area contributed by atoms with Gasteiger partial charge < -0.3 is 0 Å². The molecule has 0 atom stereocenters. The number of rotatable bonds is 4. The van der Waals surface area contributed by atoms with Gasteiger partial charge in [-0.15, -0.1) is 0 Å². The molecule has 0 amide bonds. The molecule has 0 radical (unpaired) electrons. The molecule has 132 valence electrons. The Morgan fingerprint density at radius 1 is 0.880 bits per heavy atom. The number of benzene rings is 2. The second kappa shape index (κ2) is 8.32. The molecule has 1 saturated carbocycles. The van der Waals surface area contributed by atoms with Crippen molar-refractivity contribution in [2.45, 2.75) is 43.0 Å². The summed E-state index contributed by atoms with van der Waals surface area (Å²) in [6.45, 7) is 1.53. The van der Waals surface area contributed by atoms with Crippen LogP contribution in [0.5, 0.6) is 0 Å². The Hall–Kier alpha value is -0.711. The van der Waals surface area contributed by atoms with E-state index < -0.39 is 18.8 Å². The van der Waals surface area contributed by atoms with E-state index in [4.69, 9.17) is 26.3 Å². The van der Waals surface area contributed by atoms with Gasteiger partial charge in [0.1, 0.15) is 0 Å². The average Bonchev–Trinajstić information content (AvgIpc) is 2.62. The van der Waals surface area contributed by atoms with Gasteiger partial charge >= 0.3 is 165 Å². The van der Waals surface area contributed by atoms with Crippen LogP contribution in [0.4, 0.5) is 0 Å². The van der Waals surface area contributed by atoms with Crippen LogP contribution in [-0.2, 0) is 7.87 Å². The van der Waals surface area contributed by atoms with Crippen LogP contribution in [0.15, 0.2) is 48.5 Å². The zero-order chi connectivity index (χ0) is 17.9. The molecule has 2 aromatic carbocycles. The molecule has 0 spiro atoms. The fraction of sp³-hybridized carbons (Fsp3) is 0.350. The second-order valence-corrected chi connectivity index (χ2v) is 18.0. The van der Waals surface area contributed by atoms with Crippen molar-refractivity contribution in [2.24, 2.45) is 0 Å². The molecular formula is C20H22Cl2O2Sn. The molecule has 3 rings (SSSR count). The number of hydrogen-bond donors (Lipinski definition) is 0. The molecule has 2 aromatic rings. The van der Waals surface area contributed by atoms with Crippen LogP contribution in [0, 0.1) is 0 Å². The van der Waals surface area contributed by atoms with Gasteiger partial charge in [-0.2, -0.15) is 0 Å². The Labute approximate surface area is 163 Å². The molecule has 2 nitrogen and oxygen atoms in total. The first-order valence-electron chi connectivity index (χ1n) is 8.74. The summed E-state index contributed by atoms with van der Waals surface area (Å²) in [5.74, 6) is -0.189. The summed E-state index contributed by atoms with van der Waals surface area (Å²) in [5.41, 5.74) is 0. The van der Waals surface area contributed by atoms with Gasteiger partial charge in [-0.25, -0.2) is 0 Å². The van der Waals surface area contributed by atoms with E-state index in [0.29, 0.717) is 14.0 Å². The van der Waals surface area contributed by atoms with E-state index in [1.807, 2.05) is 24.3 Å². The summed E-state index contributed by atoms with van der Waals surface area (Å²) < 4.78 is 9.09. The van der Waals surface area contributed by atoms with E-state index in [1.165, 1.54) is 33.3 Å². The topological polar surface area (TPSA) is 26.3 Å². The van der Waals surface area contributed by atoms with Crippen molar-refractivity contribution in [3.8, 4) is 0 Å². The summed E-state index contributed by atoms with van der Waals surface area (Å²) in [5, 5.41) is 1.40. The van der Waals surface area contributed by atoms with Crippen LogP contribution in [0.1, 0.15) is 39.0 Å². The van der Waals surface area contributed by atoms with Gasteiger partial charge in [0.05, 0.1) is 0 Å². The van der Waals surface area contributed by atoms with Crippen molar-refractivity contribution in [2.75, 3.05) is 0 Å². The summed E-state index contributed by atoms with van der Waals surface area (Å²) in [4.78, 5) is 12.2. The fourth-order valence-electron chi connectivity index (χ4n) is 3.97. The summed E-state index contributed by atoms with van der Waals surface area (Å²) >= 11 is 8.53. The predicted octanol–water partition coefficient (Wildman–Crippen LogP) is 4.95. The molecule has 25 heavy (non-hydrogen) atoms. The second-order valence-electron chi connectivity index (χ2n) is 6.68. The van der Waals surface area contributed by atoms with Crippen molar-refractivity contribution in [1.29, 1.82) is 0 Å². The third kappa shape index (κ3) is 4.17. The zero-order valence-corrected chi connectivity index (χ0v) is 18.7. The molecule has 0 bridgehead atoms. The standard InChI is InChI=1S/2C6H4Cl.C6H11.C2H4O2.Sn/c2*7-6-4-2-1-3-5-6;1-2-4-6-5-3-1;1-2(3)4;/h2*2-5H;1H,2-6H2;1H3,(H,3,4);/q;;;;+1/p-1. The van der Waals surface area contributed by atoms with Gasteiger partial charge in [-0.05, 0) is 0 Å². The Morgan fingerprint density at radius 3 is 1.72 bits per heavy atom. The molecule has 0 saturated heterocycles. The van der Waals surface area contributed by atoms with E-state index in [1.54, 1.807) is 0 Å². The quantitative estimate of drug-likeness (QED) is 0.575. The van der Waals surface area contributed by atoms with E-state index >= 15 is 0 Å². The number of carbonyl (C=O) groups is 1. The fourth-order valence-corrected chi connectivity index (χ4v) is 17.6. The van der Waals surface area contributed by atoms with Crippen LogP contribution in [0.3, 0.4) is 0 Å². The van der Waals surface area contributed by atoms with Gasteiger partial charge in [-0.1, -0.05) is 0 Å². The molecular weight excluding hydrogens is 462 g/mol. The van der Waals surface area contributed by atoms with Gasteiger partial charge in [0.25, 0.3) is 0 Å². The third-order valence-electron chi connectivity index (χ3n) is 5.03. The Morgan fingerprint density at radius 2 is 1.32 bits per heavy atom. The van der Waals surface area contributed by atoms with Crippen LogP contribution in [-0.4, -0.2) is 24.8 Å². The molecule has 0 aromatic heterocycles. The van der Waals surface area contributed by atoms with Crippen molar-refractivity contribution in [1.82, 2.24) is 0 Å². The number of carbonyl (C=O) groups excluding carboxylic acids is 1. The summed E-state index contributed by atoms with van der Waals surface area (Å²) in [7, 11) is 0. The van der Waals surface area contributed by atoms with Crippen molar-refractivity contribution in [3.05, 3.63) is 58.6 Å². The maximum atomic E-state index is 12.2. The van der Waals surface area contributed by atoms with Crippen LogP contribution >= 0.6 is 23.2 Å². The monoisotopic (exact) mass is 484 g/mol. The molecule has 0 N–H and O–H groups in total. The molecule has 0 heterocycles. The zero-order valence-electron chi connectivity index (χ0n) is 14.3. The van der Waals surface area contributed by atoms with Gasteiger partial charge in [0.15, 0.2) is 0 Å². The first kappa shape index (κ1) is 19.1. The normalized spacial score (nSPS) is 15.8. The third-order valence-corrected chi connectivity index (χ3v) is 19.0. The Balaban J connectivity index is 2.19. The van der Waals surface area contributed by atoms with Crippen molar-refractivity contribution < 1.29 is 7.87 Å². The average molecular weight is 484 g/mol. The summed E-state index contributed by atoms with van der Waals surface area (Å²) in [6, 6.07) is 15.9. The van der Waals surface area contributed by atoms with Crippen LogP contribution in [0.2, 0.25) is 14.0 Å². The SMILES string of the molecule is CC(=O)[O][Sn]([c]1ccc(Cl)cc1)([c]1ccc(Cl)cc1)[CH]1CCCCC1. The predicted molar refractivity (Wildman–Crippen MR) is 107 cm³/mol. The number of halogens is 2. The van der Waals surface area contributed by atoms with Gasteiger partial charge in [-0.3, -0.25) is 0 Å². The molecule has 1 aliphatic rings. The Kier molecular flexibility index (Phi) is 6.34. The minimum absolute atomic E-state index is 0.189. The minimum atomic E-state index is -3.70. The Bertz CT molecular complexity index is 677. The molecule has 5 heteroatoms. The molecule has 1 fully saturated rings. The van der Waals surface area contributed by atoms with Crippen LogP contribution < -0.4 is 7.16 Å². The van der Waals surface area contributed by atoms with Crippen molar-refractivity contribution >= 4 is 55.1 Å². The van der Waals surface area contributed by atoms with Gasteiger partial charge in [0, 0.05) is 0 Å². The first-order chi connectivity index (χ1) is 12.0. The maximum absolute atomic E-state index is 12.2. The van der Waals surface area contributed by atoms with E-state index in [-0.39, 0.29) is 5.97 Å². The molecule has 0 unspecified atom stereocenters. The van der Waals surface area contributed by atoms with Crippen LogP contribution in [0.25, 0.3) is 0 Å². The van der Waals surface area contributed by atoms with Gasteiger partial charge in [0.2, 0.25) is 0 Å². The van der Waals surface area contributed by atoms with Crippen molar-refractivity contribution in [3.63, 3.8) is 0 Å². The van der Waals surface area contributed by atoms with E-state index in [9.17, 15) is 4.79 Å². The molecule has 1 aliphatic carbocycles. The summed E-state index contributed by atoms with van der Waals surface area (Å²) in [6.07, 6.45) is 5.90. The molecule has 0 aliphatic heterocycles. The van der Waals surface area contributed by atoms with E-state index in [0.717, 1.165) is 12.8 Å².